The van der Waals surface area contributed by atoms with Crippen molar-refractivity contribution < 1.29 is 39.5 Å². The zero-order chi connectivity index (χ0) is 45.5. The Morgan fingerprint density at radius 3 is 0.738 bits per heavy atom. The summed E-state index contributed by atoms with van der Waals surface area (Å²) in [6.07, 6.45) is 53.6. The quantitative estimate of drug-likeness (QED) is 0.0350. The third-order valence-corrected chi connectivity index (χ3v) is 11.6. The highest BCUT2D eigenvalue weighted by Crippen LogP contribution is 2.16. The lowest BCUT2D eigenvalue weighted by molar-refractivity contribution is -0.147. The molecule has 0 bridgehead atoms. The van der Waals surface area contributed by atoms with Crippen molar-refractivity contribution in [2.75, 3.05) is 13.2 Å². The van der Waals surface area contributed by atoms with E-state index in [0.29, 0.717) is 19.3 Å². The second-order valence-corrected chi connectivity index (χ2v) is 18.0. The molecular weight excluding hydrogens is 765 g/mol. The summed E-state index contributed by atoms with van der Waals surface area (Å²) in [5, 5.41) is 34.7. The Morgan fingerprint density at radius 1 is 0.344 bits per heavy atom. The Kier molecular flexibility index (Phi) is 60.8. The van der Waals surface area contributed by atoms with Gasteiger partial charge in [-0.1, -0.05) is 265 Å². The summed E-state index contributed by atoms with van der Waals surface area (Å²) >= 11 is 0. The van der Waals surface area contributed by atoms with Crippen LogP contribution in [0.15, 0.2) is 0 Å². The standard InChI is InChI=1S/2C18H36O2.C17H34O4/c2*1-2-3-4-5-6-7-8-9-10-11-12-13-14-15-16-17-18(19)20;1-2-3-4-5-6-7-8-9-10-11-12-13-17(20)21-15-16(19)14-18/h2*2-17H2,1H3,(H,19,20);16,18-19H,2-15H2,1H3. The molecule has 0 radical (unpaired) electrons. The molecule has 0 aliphatic carbocycles. The molecule has 0 spiro atoms. The summed E-state index contributed by atoms with van der Waals surface area (Å²) in [6, 6.07) is 0. The van der Waals surface area contributed by atoms with Crippen molar-refractivity contribution >= 4 is 17.9 Å². The molecule has 1 unspecified atom stereocenters. The van der Waals surface area contributed by atoms with Gasteiger partial charge in [0.25, 0.3) is 0 Å². The Morgan fingerprint density at radius 2 is 0.541 bits per heavy atom. The van der Waals surface area contributed by atoms with Crippen LogP contribution in [0.25, 0.3) is 0 Å². The molecule has 1 atom stereocenters. The number of aliphatic hydroxyl groups is 2. The first kappa shape index (κ1) is 63.6. The van der Waals surface area contributed by atoms with Crippen LogP contribution in [0.2, 0.25) is 0 Å². The van der Waals surface area contributed by atoms with Crippen LogP contribution in [0.4, 0.5) is 0 Å². The maximum Gasteiger partial charge on any atom is 0.305 e. The summed E-state index contributed by atoms with van der Waals surface area (Å²) in [7, 11) is 0. The normalized spacial score (nSPS) is 11.4. The molecule has 0 aliphatic heterocycles. The van der Waals surface area contributed by atoms with Crippen LogP contribution in [0.5, 0.6) is 0 Å². The third-order valence-electron chi connectivity index (χ3n) is 11.6. The van der Waals surface area contributed by atoms with Gasteiger partial charge >= 0.3 is 17.9 Å². The summed E-state index contributed by atoms with van der Waals surface area (Å²) in [6.45, 7) is 6.31. The molecule has 4 N–H and O–H groups in total. The molecule has 0 aromatic carbocycles. The van der Waals surface area contributed by atoms with Crippen molar-refractivity contribution in [1.29, 1.82) is 0 Å². The minimum Gasteiger partial charge on any atom is -0.481 e. The number of hydrogen-bond acceptors (Lipinski definition) is 6. The van der Waals surface area contributed by atoms with Gasteiger partial charge in [0.15, 0.2) is 0 Å². The van der Waals surface area contributed by atoms with Gasteiger partial charge in [0.2, 0.25) is 0 Å². The first-order valence-corrected chi connectivity index (χ1v) is 26.6. The maximum absolute atomic E-state index is 11.3. The van der Waals surface area contributed by atoms with E-state index in [2.05, 4.69) is 20.8 Å². The number of aliphatic carboxylic acids is 2. The van der Waals surface area contributed by atoms with Gasteiger partial charge in [-0.05, 0) is 19.3 Å². The average Bonchev–Trinajstić information content (AvgIpc) is 3.25. The van der Waals surface area contributed by atoms with E-state index in [1.165, 1.54) is 225 Å². The van der Waals surface area contributed by atoms with E-state index in [0.717, 1.165) is 38.5 Å². The van der Waals surface area contributed by atoms with Gasteiger partial charge < -0.3 is 25.2 Å². The first-order valence-electron chi connectivity index (χ1n) is 26.6. The number of unbranched alkanes of at least 4 members (excludes halogenated alkanes) is 38. The molecule has 0 rings (SSSR count). The average molecular weight is 871 g/mol. The summed E-state index contributed by atoms with van der Waals surface area (Å²) < 4.78 is 4.84. The molecule has 0 heterocycles. The highest BCUT2D eigenvalue weighted by molar-refractivity contribution is 5.69. The van der Waals surface area contributed by atoms with Gasteiger partial charge in [-0.2, -0.15) is 0 Å². The van der Waals surface area contributed by atoms with E-state index in [4.69, 9.17) is 25.2 Å². The number of aliphatic hydroxyl groups excluding tert-OH is 2. The van der Waals surface area contributed by atoms with Gasteiger partial charge in [0.1, 0.15) is 12.7 Å². The predicted molar refractivity (Wildman–Crippen MR) is 259 cm³/mol. The van der Waals surface area contributed by atoms with Crippen molar-refractivity contribution in [3.05, 3.63) is 0 Å². The van der Waals surface area contributed by atoms with Crippen LogP contribution in [0.3, 0.4) is 0 Å². The minimum absolute atomic E-state index is 0.104. The fourth-order valence-electron chi connectivity index (χ4n) is 7.54. The molecule has 0 saturated carbocycles. The first-order chi connectivity index (χ1) is 29.7. The third kappa shape index (κ3) is 67.6. The molecule has 61 heavy (non-hydrogen) atoms. The Bertz CT molecular complexity index is 806. The zero-order valence-corrected chi connectivity index (χ0v) is 41.0. The van der Waals surface area contributed by atoms with E-state index in [1.54, 1.807) is 0 Å². The van der Waals surface area contributed by atoms with Crippen molar-refractivity contribution in [2.24, 2.45) is 0 Å². The number of rotatable bonds is 47. The lowest BCUT2D eigenvalue weighted by atomic mass is 10.0. The molecule has 8 heteroatoms. The fraction of sp³-hybridized carbons (Fsp3) is 0.943. The van der Waals surface area contributed by atoms with E-state index >= 15 is 0 Å². The van der Waals surface area contributed by atoms with Crippen molar-refractivity contribution in [2.45, 2.75) is 309 Å². The monoisotopic (exact) mass is 871 g/mol. The fourth-order valence-corrected chi connectivity index (χ4v) is 7.54. The number of ether oxygens (including phenoxy) is 1. The maximum atomic E-state index is 11.3. The molecule has 0 saturated heterocycles. The molecule has 0 aliphatic rings. The minimum atomic E-state index is -0.953. The summed E-state index contributed by atoms with van der Waals surface area (Å²) in [4.78, 5) is 32.0. The molecule has 366 valence electrons. The van der Waals surface area contributed by atoms with Crippen LogP contribution < -0.4 is 0 Å². The van der Waals surface area contributed by atoms with Gasteiger partial charge in [-0.15, -0.1) is 0 Å². The van der Waals surface area contributed by atoms with Crippen molar-refractivity contribution in [3.63, 3.8) is 0 Å². The molecule has 0 fully saturated rings. The topological polar surface area (TPSA) is 141 Å². The van der Waals surface area contributed by atoms with Gasteiger partial charge in [-0.25, -0.2) is 0 Å². The van der Waals surface area contributed by atoms with E-state index in [9.17, 15) is 14.4 Å². The van der Waals surface area contributed by atoms with Crippen LogP contribution >= 0.6 is 0 Å². The van der Waals surface area contributed by atoms with E-state index < -0.39 is 18.0 Å². The van der Waals surface area contributed by atoms with Gasteiger partial charge in [0.05, 0.1) is 6.61 Å². The Labute approximate surface area is 379 Å². The van der Waals surface area contributed by atoms with Crippen molar-refractivity contribution in [3.8, 4) is 0 Å². The van der Waals surface area contributed by atoms with Crippen LogP contribution in [-0.4, -0.2) is 57.7 Å². The van der Waals surface area contributed by atoms with Crippen LogP contribution in [0.1, 0.15) is 303 Å². The summed E-state index contributed by atoms with van der Waals surface area (Å²) in [5.74, 6) is -1.59. The molecule has 0 amide bonds. The molecule has 8 nitrogen and oxygen atoms in total. The SMILES string of the molecule is CCCCCCCCCCCCCC(=O)OCC(O)CO.CCCCCCCCCCCCCCCCCC(=O)O.CCCCCCCCCCCCCCCCCC(=O)O. The van der Waals surface area contributed by atoms with Gasteiger partial charge in [-0.3, -0.25) is 14.4 Å². The number of carbonyl (C=O) groups is 3. The Balaban J connectivity index is -0.000000828. The molecular formula is C53H106O8. The molecule has 0 aromatic heterocycles. The second kappa shape index (κ2) is 58.3. The largest absolute Gasteiger partial charge is 0.481 e. The van der Waals surface area contributed by atoms with Crippen LogP contribution in [-0.2, 0) is 19.1 Å². The van der Waals surface area contributed by atoms with Crippen molar-refractivity contribution in [1.82, 2.24) is 0 Å². The highest BCUT2D eigenvalue weighted by atomic mass is 16.5. The number of carbonyl (C=O) groups excluding carboxylic acids is 1. The molecule has 0 aromatic rings. The van der Waals surface area contributed by atoms with Crippen LogP contribution in [0, 0.1) is 0 Å². The number of carboxylic acids is 2. The summed E-state index contributed by atoms with van der Waals surface area (Å²) in [5.41, 5.74) is 0. The Hall–Kier alpha value is -1.67. The number of carboxylic acid groups (broad SMARTS) is 2. The van der Waals surface area contributed by atoms with Gasteiger partial charge in [0, 0.05) is 19.3 Å². The highest BCUT2D eigenvalue weighted by Gasteiger charge is 2.07. The number of esters is 1. The lowest BCUT2D eigenvalue weighted by Crippen LogP contribution is -2.21. The second-order valence-electron chi connectivity index (χ2n) is 18.0. The smallest absolute Gasteiger partial charge is 0.305 e. The zero-order valence-electron chi connectivity index (χ0n) is 41.0. The predicted octanol–water partition coefficient (Wildman–Crippen LogP) is 16.2. The van der Waals surface area contributed by atoms with E-state index in [-0.39, 0.29) is 19.2 Å². The lowest BCUT2D eigenvalue weighted by Gasteiger charge is -2.08. The van der Waals surface area contributed by atoms with E-state index in [1.807, 2.05) is 0 Å². The number of hydrogen-bond donors (Lipinski definition) is 4.